The Labute approximate surface area is 173 Å². The predicted molar refractivity (Wildman–Crippen MR) is 111 cm³/mol. The molecule has 1 N–H and O–H groups in total. The molecule has 1 aromatic heterocycles. The summed E-state index contributed by atoms with van der Waals surface area (Å²) in [5.74, 6) is 0.0773. The molecule has 3 rings (SSSR count). The molecule has 0 aromatic carbocycles. The SMILES string of the molecule is COC(=O)c1[nH]c(C)c(C(=O)C(C)N(CC2CCCCC2)C(=O)C2CCC2)c1C. The van der Waals surface area contributed by atoms with E-state index >= 15 is 0 Å². The van der Waals surface area contributed by atoms with Crippen LogP contribution in [0, 0.1) is 25.7 Å². The lowest BCUT2D eigenvalue weighted by molar-refractivity contribution is -0.140. The highest BCUT2D eigenvalue weighted by Gasteiger charge is 2.37. The number of ketones is 1. The average Bonchev–Trinajstić information content (AvgIpc) is 2.97. The van der Waals surface area contributed by atoms with E-state index in [0.29, 0.717) is 35.0 Å². The molecular weight excluding hydrogens is 368 g/mol. The first-order valence-corrected chi connectivity index (χ1v) is 11.0. The summed E-state index contributed by atoms with van der Waals surface area (Å²) in [6.45, 7) is 6.05. The first-order chi connectivity index (χ1) is 13.8. The van der Waals surface area contributed by atoms with Crippen molar-refractivity contribution in [1.82, 2.24) is 9.88 Å². The molecule has 2 saturated carbocycles. The Balaban J connectivity index is 1.85. The number of ether oxygens (including phenoxy) is 1. The molecule has 1 atom stereocenters. The van der Waals surface area contributed by atoms with Crippen molar-refractivity contribution in [3.63, 3.8) is 0 Å². The van der Waals surface area contributed by atoms with Crippen LogP contribution in [0.3, 0.4) is 0 Å². The molecule has 1 heterocycles. The molecule has 6 nitrogen and oxygen atoms in total. The zero-order valence-corrected chi connectivity index (χ0v) is 18.2. The number of esters is 1. The van der Waals surface area contributed by atoms with Gasteiger partial charge in [-0.25, -0.2) is 4.79 Å². The molecule has 160 valence electrons. The minimum absolute atomic E-state index is 0.0629. The molecule has 2 fully saturated rings. The largest absolute Gasteiger partial charge is 0.464 e. The predicted octanol–water partition coefficient (Wildman–Crippen LogP) is 4.20. The van der Waals surface area contributed by atoms with Crippen molar-refractivity contribution in [3.05, 3.63) is 22.5 Å². The first kappa shape index (κ1) is 21.6. The molecule has 1 amide bonds. The van der Waals surface area contributed by atoms with Crippen LogP contribution in [0.15, 0.2) is 0 Å². The van der Waals surface area contributed by atoms with Gasteiger partial charge in [0.15, 0.2) is 5.78 Å². The number of H-pyrrole nitrogens is 1. The summed E-state index contributed by atoms with van der Waals surface area (Å²) in [5, 5.41) is 0. The number of hydrogen-bond acceptors (Lipinski definition) is 4. The van der Waals surface area contributed by atoms with Gasteiger partial charge in [0.25, 0.3) is 0 Å². The Hall–Kier alpha value is -2.11. The summed E-state index contributed by atoms with van der Waals surface area (Å²) in [4.78, 5) is 43.5. The van der Waals surface area contributed by atoms with Gasteiger partial charge >= 0.3 is 5.97 Å². The molecule has 6 heteroatoms. The molecule has 0 spiro atoms. The standard InChI is InChI=1S/C23H34N2O4/c1-14-19(15(2)24-20(14)23(28)29-4)21(26)16(3)25(22(27)18-11-8-12-18)13-17-9-6-5-7-10-17/h16-18,24H,5-13H2,1-4H3. The Kier molecular flexibility index (Phi) is 6.81. The highest BCUT2D eigenvalue weighted by atomic mass is 16.5. The minimum Gasteiger partial charge on any atom is -0.464 e. The molecule has 0 saturated heterocycles. The van der Waals surface area contributed by atoms with E-state index < -0.39 is 12.0 Å². The number of aromatic amines is 1. The van der Waals surface area contributed by atoms with Crippen LogP contribution in [0.4, 0.5) is 0 Å². The van der Waals surface area contributed by atoms with Crippen molar-refractivity contribution in [1.29, 1.82) is 0 Å². The fraction of sp³-hybridized carbons (Fsp3) is 0.696. The van der Waals surface area contributed by atoms with E-state index in [4.69, 9.17) is 4.74 Å². The Morgan fingerprint density at radius 2 is 1.72 bits per heavy atom. The fourth-order valence-electron chi connectivity index (χ4n) is 4.75. The first-order valence-electron chi connectivity index (χ1n) is 11.0. The normalized spacial score (nSPS) is 18.8. The van der Waals surface area contributed by atoms with Crippen molar-refractivity contribution in [2.24, 2.45) is 11.8 Å². The third-order valence-electron chi connectivity index (χ3n) is 6.84. The van der Waals surface area contributed by atoms with Crippen molar-refractivity contribution in [2.75, 3.05) is 13.7 Å². The van der Waals surface area contributed by atoms with Gasteiger partial charge in [-0.05, 0) is 57.9 Å². The van der Waals surface area contributed by atoms with E-state index in [9.17, 15) is 14.4 Å². The number of nitrogens with one attached hydrogen (secondary N) is 1. The fourth-order valence-corrected chi connectivity index (χ4v) is 4.75. The summed E-state index contributed by atoms with van der Waals surface area (Å²) in [7, 11) is 1.32. The third-order valence-corrected chi connectivity index (χ3v) is 6.84. The summed E-state index contributed by atoms with van der Waals surface area (Å²) in [5.41, 5.74) is 2.06. The number of methoxy groups -OCH3 is 1. The Bertz CT molecular complexity index is 772. The van der Waals surface area contributed by atoms with E-state index in [1.165, 1.54) is 26.4 Å². The van der Waals surface area contributed by atoms with E-state index in [-0.39, 0.29) is 17.6 Å². The van der Waals surface area contributed by atoms with Crippen LogP contribution in [0.5, 0.6) is 0 Å². The summed E-state index contributed by atoms with van der Waals surface area (Å²) in [6.07, 6.45) is 8.88. The van der Waals surface area contributed by atoms with Gasteiger partial charge in [-0.1, -0.05) is 25.7 Å². The number of rotatable bonds is 7. The second kappa shape index (κ2) is 9.14. The molecule has 0 radical (unpaired) electrons. The van der Waals surface area contributed by atoms with E-state index in [1.54, 1.807) is 13.8 Å². The third kappa shape index (κ3) is 4.41. The number of aromatic nitrogens is 1. The molecule has 29 heavy (non-hydrogen) atoms. The summed E-state index contributed by atoms with van der Waals surface area (Å²) < 4.78 is 4.82. The summed E-state index contributed by atoms with van der Waals surface area (Å²) >= 11 is 0. The van der Waals surface area contributed by atoms with Crippen LogP contribution in [0.1, 0.15) is 90.4 Å². The van der Waals surface area contributed by atoms with Gasteiger partial charge in [-0.3, -0.25) is 9.59 Å². The smallest absolute Gasteiger partial charge is 0.354 e. The van der Waals surface area contributed by atoms with Gasteiger partial charge in [0.1, 0.15) is 5.69 Å². The lowest BCUT2D eigenvalue weighted by Crippen LogP contribution is -2.49. The van der Waals surface area contributed by atoms with Gasteiger partial charge in [-0.15, -0.1) is 0 Å². The highest BCUT2D eigenvalue weighted by molar-refractivity contribution is 6.06. The maximum atomic E-state index is 13.5. The minimum atomic E-state index is -0.538. The average molecular weight is 403 g/mol. The maximum absolute atomic E-state index is 13.5. The van der Waals surface area contributed by atoms with Gasteiger partial charge in [-0.2, -0.15) is 0 Å². The van der Waals surface area contributed by atoms with E-state index in [2.05, 4.69) is 4.98 Å². The second-order valence-corrected chi connectivity index (χ2v) is 8.78. The molecule has 1 unspecified atom stereocenters. The van der Waals surface area contributed by atoms with Crippen LogP contribution < -0.4 is 0 Å². The quantitative estimate of drug-likeness (QED) is 0.548. The molecular formula is C23H34N2O4. The van der Waals surface area contributed by atoms with E-state index in [1.807, 2.05) is 11.8 Å². The van der Waals surface area contributed by atoms with Crippen molar-refractivity contribution < 1.29 is 19.1 Å². The highest BCUT2D eigenvalue weighted by Crippen LogP contribution is 2.32. The van der Waals surface area contributed by atoms with Gasteiger partial charge in [0.2, 0.25) is 5.91 Å². The zero-order chi connectivity index (χ0) is 21.1. The number of Topliss-reactive ketones (excluding diaryl/α,β-unsaturated/α-hetero) is 1. The van der Waals surface area contributed by atoms with Crippen LogP contribution in [0.25, 0.3) is 0 Å². The number of amides is 1. The maximum Gasteiger partial charge on any atom is 0.354 e. The van der Waals surface area contributed by atoms with E-state index in [0.717, 1.165) is 32.1 Å². The molecule has 1 aromatic rings. The number of nitrogens with zero attached hydrogens (tertiary/aromatic N) is 1. The van der Waals surface area contributed by atoms with Crippen LogP contribution in [-0.4, -0.2) is 47.2 Å². The van der Waals surface area contributed by atoms with Crippen LogP contribution in [-0.2, 0) is 9.53 Å². The van der Waals surface area contributed by atoms with Gasteiger partial charge in [0.05, 0.1) is 13.2 Å². The Morgan fingerprint density at radius 1 is 1.07 bits per heavy atom. The second-order valence-electron chi connectivity index (χ2n) is 8.78. The van der Waals surface area contributed by atoms with Crippen molar-refractivity contribution in [3.8, 4) is 0 Å². The molecule has 0 bridgehead atoms. The number of hydrogen-bond donors (Lipinski definition) is 1. The molecule has 0 aliphatic heterocycles. The number of carbonyl (C=O) groups is 3. The van der Waals surface area contributed by atoms with Gasteiger partial charge in [0, 0.05) is 23.7 Å². The molecule has 2 aliphatic rings. The lowest BCUT2D eigenvalue weighted by Gasteiger charge is -2.38. The van der Waals surface area contributed by atoms with Gasteiger partial charge < -0.3 is 14.6 Å². The Morgan fingerprint density at radius 3 is 2.28 bits per heavy atom. The number of carbonyl (C=O) groups excluding carboxylic acids is 3. The zero-order valence-electron chi connectivity index (χ0n) is 18.2. The van der Waals surface area contributed by atoms with Crippen molar-refractivity contribution in [2.45, 2.75) is 78.2 Å². The molecule has 2 aliphatic carbocycles. The summed E-state index contributed by atoms with van der Waals surface area (Å²) in [6, 6.07) is -0.538. The lowest BCUT2D eigenvalue weighted by atomic mass is 9.82. The topological polar surface area (TPSA) is 79.5 Å². The number of aryl methyl sites for hydroxylation is 1. The van der Waals surface area contributed by atoms with Crippen molar-refractivity contribution >= 4 is 17.7 Å². The van der Waals surface area contributed by atoms with Crippen LogP contribution in [0.2, 0.25) is 0 Å². The van der Waals surface area contributed by atoms with Crippen LogP contribution >= 0.6 is 0 Å². The monoisotopic (exact) mass is 402 g/mol.